The third-order valence-corrected chi connectivity index (χ3v) is 23.8. The van der Waals surface area contributed by atoms with Crippen molar-refractivity contribution < 1.29 is 86.8 Å². The van der Waals surface area contributed by atoms with Gasteiger partial charge in [0, 0.05) is 142 Å². The maximum Gasteiger partial charge on any atom is 0.251 e. The second kappa shape index (κ2) is 57.6. The zero-order valence-electron chi connectivity index (χ0n) is 79.8. The summed E-state index contributed by atoms with van der Waals surface area (Å²) in [4.78, 5) is 98.4. The van der Waals surface area contributed by atoms with Gasteiger partial charge in [0.25, 0.3) is 23.6 Å². The van der Waals surface area contributed by atoms with Crippen molar-refractivity contribution in [1.29, 1.82) is 0 Å². The van der Waals surface area contributed by atoms with Crippen LogP contribution in [0, 0.1) is 0 Å². The Morgan fingerprint density at radius 2 is 0.676 bits per heavy atom. The first-order valence-corrected chi connectivity index (χ1v) is 48.7. The van der Waals surface area contributed by atoms with Crippen LogP contribution in [0.4, 0.5) is 0 Å². The number of nitrogens with two attached hydrogens (primary N) is 1. The van der Waals surface area contributed by atoms with Gasteiger partial charge >= 0.3 is 0 Å². The number of nitrogens with one attached hydrogen (secondary N) is 5. The van der Waals surface area contributed by atoms with E-state index in [1.807, 2.05) is 72.8 Å². The molecule has 40 heteroatoms. The van der Waals surface area contributed by atoms with E-state index in [-0.39, 0.29) is 105 Å². The highest BCUT2D eigenvalue weighted by atomic mass is 35.5. The predicted octanol–water partition coefficient (Wildman–Crippen LogP) is 25.0. The van der Waals surface area contributed by atoms with E-state index in [0.29, 0.717) is 166 Å². The van der Waals surface area contributed by atoms with Gasteiger partial charge < -0.3 is 85.2 Å². The number of rotatable bonds is 31. The highest BCUT2D eigenvalue weighted by Crippen LogP contribution is 2.38. The van der Waals surface area contributed by atoms with Crippen molar-refractivity contribution in [2.24, 2.45) is 5.73 Å². The number of halogens is 11. The molecule has 0 saturated heterocycles. The van der Waals surface area contributed by atoms with Crippen molar-refractivity contribution in [1.82, 2.24) is 50.3 Å². The minimum absolute atomic E-state index is 0.0195. The Morgan fingerprint density at radius 3 is 1.05 bits per heavy atom. The number of aromatic nitrogens is 6. The smallest absolute Gasteiger partial charge is 0.251 e. The number of hydrogen-bond donors (Lipinski definition) is 9. The normalized spacial score (nSPS) is 10.4. The molecule has 148 heavy (non-hydrogen) atoms. The Kier molecular flexibility index (Phi) is 45.0. The van der Waals surface area contributed by atoms with Gasteiger partial charge in [-0.15, -0.1) is 11.6 Å². The molecule has 29 nitrogen and oxygen atoms in total. The number of primary amides is 1. The number of carbonyl (C=O) groups is 7. The number of benzene rings is 13. The van der Waals surface area contributed by atoms with E-state index < -0.39 is 5.91 Å². The molecule has 10 N–H and O–H groups in total. The average molecular weight is 2230 g/mol. The first-order valence-electron chi connectivity index (χ1n) is 44.3. The molecule has 13 aromatic carbocycles. The third-order valence-electron chi connectivity index (χ3n) is 20.7. The van der Waals surface area contributed by atoms with E-state index in [4.69, 9.17) is 176 Å². The number of amides is 5. The standard InChI is InChI=1S/C25H21Cl2N3O4.C22H17Cl2N3O3.C18H17Cl2NO3.C15H13Cl2NO3.C11H13NO3.C10H9ClN2O.C7H6Cl2O/c1-15(31)30-21-6-4-3-5-20(21)29-24(30)14-34-22-10-8-16(25(32)28-2)11-23(22)33-13-17-7-9-18(26)12-19(17)27;23-15-7-5-14(16(24)10-15)11-29-20-9-13(22(25)28)6-8-19(20)30-12-21-26-17-3-1-2-4-18(17)27-21;1-3-8-23-16-7-5-12(18(22)21-2)9-17(16)24-11-13-4-6-14(19)10-15(13)20;1-18-15(20)9-3-5-13(19)14(6-9)21-8-10-2-4-11(16)7-12(10)17;1-3-6-15-10-5-4-8(7-9(10)13)11(14)12-2;1-7(14)13-9-5-3-2-4-8(9)12-10(13)6-11;8-6-2-1-5(4-10)7(9)3-6/h3-12H,13-14H2,1-2H3,(H,28,32);1-10H,11-12H2,(H2,25,28)(H,26,27);3-7,9-10H,1,8,11H2,2H3,(H,21,22);2-7,19H,8H2,1H3,(H,18,20);3-5,7,13H,1,6H2,2H3,(H,12,14);2-5H,6H2,1H3;1-3,10H,4H2. The van der Waals surface area contributed by atoms with Gasteiger partial charge in [0.05, 0.1) is 45.6 Å². The number of aromatic hydroxyl groups is 2. The van der Waals surface area contributed by atoms with Crippen LogP contribution >= 0.6 is 128 Å². The highest BCUT2D eigenvalue weighted by Gasteiger charge is 2.22. The number of aromatic amines is 1. The lowest BCUT2D eigenvalue weighted by Gasteiger charge is -2.15. The van der Waals surface area contributed by atoms with Gasteiger partial charge in [-0.2, -0.15) is 0 Å². The monoisotopic (exact) mass is 2220 g/mol. The Bertz CT molecular complexity index is 7400. The molecule has 0 atom stereocenters. The van der Waals surface area contributed by atoms with Crippen LogP contribution in [0.3, 0.4) is 0 Å². The van der Waals surface area contributed by atoms with Gasteiger partial charge in [0.15, 0.2) is 63.3 Å². The predicted molar refractivity (Wildman–Crippen MR) is 581 cm³/mol. The van der Waals surface area contributed by atoms with Gasteiger partial charge in [-0.05, 0) is 194 Å². The van der Waals surface area contributed by atoms with Gasteiger partial charge in [-0.3, -0.25) is 42.7 Å². The maximum absolute atomic E-state index is 12.3. The second-order valence-corrected chi connectivity index (χ2v) is 35.4. The molecule has 0 spiro atoms. The highest BCUT2D eigenvalue weighted by molar-refractivity contribution is 6.37. The molecular formula is C108H96Cl11N11O18. The summed E-state index contributed by atoms with van der Waals surface area (Å²) < 4.78 is 48.9. The zero-order chi connectivity index (χ0) is 107. The number of phenolic OH excluding ortho intramolecular Hbond substituents is 2. The van der Waals surface area contributed by atoms with Gasteiger partial charge in [-0.25, -0.2) is 15.0 Å². The Morgan fingerprint density at radius 1 is 0.351 bits per heavy atom. The van der Waals surface area contributed by atoms with Crippen molar-refractivity contribution in [3.05, 3.63) is 403 Å². The molecule has 0 aliphatic carbocycles. The number of ether oxygens (including phenoxy) is 8. The van der Waals surface area contributed by atoms with Crippen LogP contribution in [-0.4, -0.2) is 127 Å². The van der Waals surface area contributed by atoms with Gasteiger partial charge in [0.2, 0.25) is 17.7 Å². The lowest BCUT2D eigenvalue weighted by atomic mass is 10.2. The Balaban J connectivity index is 0.000000182. The quantitative estimate of drug-likeness (QED) is 0.0144. The first kappa shape index (κ1) is 116. The third kappa shape index (κ3) is 33.6. The molecule has 0 radical (unpaired) electrons. The number of para-hydroxylation sites is 6. The summed E-state index contributed by atoms with van der Waals surface area (Å²) in [6.45, 7) is 11.6. The Hall–Kier alpha value is -14.4. The SMILES string of the molecule is C=CCOc1ccc(C(=O)NC)cc1O.C=CCOc1ccc(C(=O)NC)cc1OCc1ccc(Cl)cc1Cl.CC(=O)n1c(CCl)nc2ccccc21.CNC(=O)c1ccc(O)c(OCc2ccc(Cl)cc2Cl)c1.CNC(=O)c1ccc(OCc2nc3ccccc3n2C(C)=O)c(OCc2ccc(Cl)cc2Cl)c1.NC(=O)c1ccc(OCc2nc3ccccc3[nH]2)c(OCc2ccc(Cl)cc2Cl)c1.OCc1ccc(Cl)cc1Cl. The van der Waals surface area contributed by atoms with Gasteiger partial charge in [0.1, 0.15) is 64.5 Å². The molecule has 0 aliphatic rings. The van der Waals surface area contributed by atoms with E-state index in [1.165, 1.54) is 56.8 Å². The summed E-state index contributed by atoms with van der Waals surface area (Å²) in [6.07, 6.45) is 3.21. The topological polar surface area (TPSA) is 392 Å². The molecule has 0 saturated carbocycles. The van der Waals surface area contributed by atoms with E-state index in [9.17, 15) is 43.8 Å². The summed E-state index contributed by atoms with van der Waals surface area (Å²) in [7, 11) is 6.18. The van der Waals surface area contributed by atoms with Crippen molar-refractivity contribution in [3.63, 3.8) is 0 Å². The van der Waals surface area contributed by atoms with E-state index in [0.717, 1.165) is 44.3 Å². The lowest BCUT2D eigenvalue weighted by molar-refractivity contribution is 0.0925. The minimum Gasteiger partial charge on any atom is -0.504 e. The molecular weight excluding hydrogens is 2130 g/mol. The number of hydrogen-bond acceptors (Lipinski definition) is 21. The molecule has 16 aromatic rings. The van der Waals surface area contributed by atoms with Crippen molar-refractivity contribution in [2.75, 3.05) is 41.4 Å². The second-order valence-electron chi connectivity index (χ2n) is 30.9. The molecule has 0 aliphatic heterocycles. The van der Waals surface area contributed by atoms with Crippen LogP contribution in [0.25, 0.3) is 33.1 Å². The number of fused-ring (bicyclic) bond motifs is 3. The van der Waals surface area contributed by atoms with Crippen molar-refractivity contribution in [2.45, 2.75) is 66.0 Å². The number of nitrogens with zero attached hydrogens (tertiary/aromatic N) is 5. The molecule has 5 amide bonds. The number of carbonyl (C=O) groups excluding carboxylic acids is 7. The number of aliphatic hydroxyl groups is 1. The molecule has 3 aromatic heterocycles. The summed E-state index contributed by atoms with van der Waals surface area (Å²) in [5.74, 6) is 3.15. The van der Waals surface area contributed by atoms with Crippen LogP contribution in [0.1, 0.15) is 121 Å². The molecule has 16 rings (SSSR count). The fourth-order valence-electron chi connectivity index (χ4n) is 13.3. The lowest BCUT2D eigenvalue weighted by Crippen LogP contribution is -2.18. The number of H-pyrrole nitrogens is 1. The fraction of sp³-hybridized carbons (Fsp3) is 0.148. The minimum atomic E-state index is -0.562. The van der Waals surface area contributed by atoms with Crippen LogP contribution in [-0.2, 0) is 52.1 Å². The molecule has 0 unspecified atom stereocenters. The number of imidazole rings is 3. The van der Waals surface area contributed by atoms with E-state index >= 15 is 0 Å². The van der Waals surface area contributed by atoms with Crippen molar-refractivity contribution in [3.8, 4) is 57.5 Å². The van der Waals surface area contributed by atoms with E-state index in [2.05, 4.69) is 54.4 Å². The molecule has 768 valence electrons. The molecule has 0 bridgehead atoms. The number of aliphatic hydroxyl groups excluding tert-OH is 1. The van der Waals surface area contributed by atoms with Crippen LogP contribution in [0.5, 0.6) is 57.5 Å². The van der Waals surface area contributed by atoms with Crippen LogP contribution < -0.4 is 64.9 Å². The average Bonchev–Trinajstić information content (AvgIpc) is 1.64. The van der Waals surface area contributed by atoms with E-state index in [1.54, 1.807) is 189 Å². The zero-order valence-corrected chi connectivity index (χ0v) is 88.1. The first-order chi connectivity index (χ1) is 71.1. The summed E-state index contributed by atoms with van der Waals surface area (Å²) >= 11 is 65.3. The summed E-state index contributed by atoms with van der Waals surface area (Å²) in [5, 5.41) is 43.3. The van der Waals surface area contributed by atoms with Crippen LogP contribution in [0.2, 0.25) is 50.2 Å². The molecule has 3 heterocycles. The molecule has 0 fully saturated rings. The Labute approximate surface area is 906 Å². The fourth-order valence-corrected chi connectivity index (χ4v) is 15.8. The number of alkyl halides is 1. The largest absolute Gasteiger partial charge is 0.504 e. The van der Waals surface area contributed by atoms with Crippen molar-refractivity contribution >= 4 is 202 Å². The summed E-state index contributed by atoms with van der Waals surface area (Å²) in [5.41, 5.74) is 15.8. The van der Waals surface area contributed by atoms with Crippen LogP contribution in [0.15, 0.2) is 280 Å². The number of phenols is 2. The maximum atomic E-state index is 12.3. The van der Waals surface area contributed by atoms with Gasteiger partial charge in [-0.1, -0.05) is 208 Å². The summed E-state index contributed by atoms with van der Waals surface area (Å²) in [6, 6.07) is 71.5.